The molecule has 0 aromatic heterocycles. The highest BCUT2D eigenvalue weighted by Gasteiger charge is 2.20. The molecule has 0 bridgehead atoms. The zero-order chi connectivity index (χ0) is 20.8. The summed E-state index contributed by atoms with van der Waals surface area (Å²) in [6, 6.07) is 10.3. The molecule has 3 N–H and O–H groups in total. The second-order valence-electron chi connectivity index (χ2n) is 6.70. The average molecular weight is 399 g/mol. The molecule has 0 atom stereocenters. The lowest BCUT2D eigenvalue weighted by atomic mass is 10.1. The van der Waals surface area contributed by atoms with Crippen LogP contribution in [0.2, 0.25) is 0 Å². The van der Waals surface area contributed by atoms with Crippen molar-refractivity contribution in [2.45, 2.75) is 13.5 Å². The zero-order valence-electron chi connectivity index (χ0n) is 16.5. The van der Waals surface area contributed by atoms with Crippen LogP contribution in [0.4, 0.5) is 11.4 Å². The van der Waals surface area contributed by atoms with Crippen molar-refractivity contribution in [1.82, 2.24) is 5.32 Å². The maximum atomic E-state index is 13.0. The third-order valence-electron chi connectivity index (χ3n) is 4.61. The van der Waals surface area contributed by atoms with Gasteiger partial charge in [-0.2, -0.15) is 0 Å². The van der Waals surface area contributed by atoms with Crippen molar-refractivity contribution in [3.8, 4) is 11.5 Å². The number of phenolic OH excluding ortho intramolecular Hbond substituents is 1. The van der Waals surface area contributed by atoms with Gasteiger partial charge in [0.15, 0.2) is 11.5 Å². The summed E-state index contributed by atoms with van der Waals surface area (Å²) in [6.07, 6.45) is 0. The highest BCUT2D eigenvalue weighted by Crippen LogP contribution is 2.27. The van der Waals surface area contributed by atoms with E-state index in [1.807, 2.05) is 6.07 Å². The van der Waals surface area contributed by atoms with Gasteiger partial charge in [-0.1, -0.05) is 6.07 Å². The molecule has 1 fully saturated rings. The van der Waals surface area contributed by atoms with Crippen molar-refractivity contribution in [3.05, 3.63) is 47.5 Å². The van der Waals surface area contributed by atoms with E-state index in [1.165, 1.54) is 14.0 Å². The van der Waals surface area contributed by atoms with Crippen LogP contribution in [0.1, 0.15) is 22.8 Å². The first-order chi connectivity index (χ1) is 14.0. The van der Waals surface area contributed by atoms with Gasteiger partial charge in [0.25, 0.3) is 5.91 Å². The molecule has 1 saturated heterocycles. The fourth-order valence-corrected chi connectivity index (χ4v) is 3.20. The number of aromatic hydroxyl groups is 1. The minimum Gasteiger partial charge on any atom is -0.504 e. The van der Waals surface area contributed by atoms with E-state index in [-0.39, 0.29) is 24.1 Å². The third kappa shape index (κ3) is 5.17. The second kappa shape index (κ2) is 9.29. The maximum Gasteiger partial charge on any atom is 0.253 e. The smallest absolute Gasteiger partial charge is 0.253 e. The van der Waals surface area contributed by atoms with Gasteiger partial charge in [0.1, 0.15) is 0 Å². The molecular formula is C21H25N3O5. The van der Waals surface area contributed by atoms with Crippen LogP contribution in [-0.2, 0) is 16.1 Å². The highest BCUT2D eigenvalue weighted by molar-refractivity contribution is 6.02. The fourth-order valence-electron chi connectivity index (χ4n) is 3.20. The molecule has 0 aliphatic carbocycles. The Morgan fingerprint density at radius 1 is 1.17 bits per heavy atom. The fraction of sp³-hybridized carbons (Fsp3) is 0.333. The number of rotatable bonds is 6. The standard InChI is InChI=1S/C21H25N3O5/c1-14(25)23-16-4-5-18(24-7-9-29-10-8-24)17(12-16)21(27)22-13-15-3-6-20(28-2)19(26)11-15/h3-6,11-12,26H,7-10,13H2,1-2H3,(H,22,27)(H,23,25). The number of nitrogens with zero attached hydrogens (tertiary/aromatic N) is 1. The summed E-state index contributed by atoms with van der Waals surface area (Å²) in [5.74, 6) is -0.0863. The molecule has 8 nitrogen and oxygen atoms in total. The van der Waals surface area contributed by atoms with E-state index in [4.69, 9.17) is 9.47 Å². The van der Waals surface area contributed by atoms with E-state index < -0.39 is 0 Å². The van der Waals surface area contributed by atoms with Gasteiger partial charge in [-0.05, 0) is 35.9 Å². The van der Waals surface area contributed by atoms with E-state index in [2.05, 4.69) is 15.5 Å². The number of ether oxygens (including phenoxy) is 2. The van der Waals surface area contributed by atoms with E-state index in [0.29, 0.717) is 43.3 Å². The van der Waals surface area contributed by atoms with Crippen molar-refractivity contribution in [2.24, 2.45) is 0 Å². The van der Waals surface area contributed by atoms with Gasteiger partial charge >= 0.3 is 0 Å². The van der Waals surface area contributed by atoms with Gasteiger partial charge in [0, 0.05) is 37.9 Å². The van der Waals surface area contributed by atoms with Gasteiger partial charge in [-0.3, -0.25) is 9.59 Å². The molecule has 2 aromatic carbocycles. The summed E-state index contributed by atoms with van der Waals surface area (Å²) in [4.78, 5) is 26.5. The lowest BCUT2D eigenvalue weighted by Crippen LogP contribution is -2.38. The number of nitrogens with one attached hydrogen (secondary N) is 2. The Bertz CT molecular complexity index is 894. The van der Waals surface area contributed by atoms with Crippen molar-refractivity contribution >= 4 is 23.2 Å². The first kappa shape index (κ1) is 20.5. The van der Waals surface area contributed by atoms with Crippen LogP contribution in [0, 0.1) is 0 Å². The SMILES string of the molecule is COc1ccc(CNC(=O)c2cc(NC(C)=O)ccc2N2CCOCC2)cc1O. The number of anilines is 2. The summed E-state index contributed by atoms with van der Waals surface area (Å²) in [7, 11) is 1.48. The number of carbonyl (C=O) groups excluding carboxylic acids is 2. The summed E-state index contributed by atoms with van der Waals surface area (Å²) in [5, 5.41) is 15.5. The first-order valence-electron chi connectivity index (χ1n) is 9.36. The van der Waals surface area contributed by atoms with Crippen LogP contribution in [0.5, 0.6) is 11.5 Å². The van der Waals surface area contributed by atoms with Gasteiger partial charge in [0.05, 0.1) is 25.9 Å². The zero-order valence-corrected chi connectivity index (χ0v) is 16.5. The minimum absolute atomic E-state index is 0.0147. The number of methoxy groups -OCH3 is 1. The molecule has 1 aliphatic rings. The molecule has 3 rings (SSSR count). The van der Waals surface area contributed by atoms with Crippen molar-refractivity contribution in [1.29, 1.82) is 0 Å². The lowest BCUT2D eigenvalue weighted by molar-refractivity contribution is -0.114. The molecule has 0 radical (unpaired) electrons. The number of phenols is 1. The van der Waals surface area contributed by atoms with Crippen molar-refractivity contribution in [3.63, 3.8) is 0 Å². The Morgan fingerprint density at radius 2 is 1.93 bits per heavy atom. The Morgan fingerprint density at radius 3 is 2.59 bits per heavy atom. The van der Waals surface area contributed by atoms with E-state index in [9.17, 15) is 14.7 Å². The molecule has 0 unspecified atom stereocenters. The molecule has 2 aromatic rings. The minimum atomic E-state index is -0.269. The van der Waals surface area contributed by atoms with Crippen molar-refractivity contribution in [2.75, 3.05) is 43.6 Å². The number of hydrogen-bond donors (Lipinski definition) is 3. The first-order valence-corrected chi connectivity index (χ1v) is 9.36. The van der Waals surface area contributed by atoms with Crippen LogP contribution < -0.4 is 20.3 Å². The Kier molecular flexibility index (Phi) is 6.56. The van der Waals surface area contributed by atoms with Gasteiger partial charge in [-0.25, -0.2) is 0 Å². The highest BCUT2D eigenvalue weighted by atomic mass is 16.5. The average Bonchev–Trinajstić information content (AvgIpc) is 2.72. The molecule has 1 aliphatic heterocycles. The van der Waals surface area contributed by atoms with Crippen LogP contribution in [-0.4, -0.2) is 50.3 Å². The molecule has 2 amide bonds. The van der Waals surface area contributed by atoms with Crippen molar-refractivity contribution < 1.29 is 24.2 Å². The van der Waals surface area contributed by atoms with Gasteiger partial charge in [0.2, 0.25) is 5.91 Å². The van der Waals surface area contributed by atoms with E-state index in [0.717, 1.165) is 11.3 Å². The van der Waals surface area contributed by atoms with Crippen LogP contribution in [0.3, 0.4) is 0 Å². The molecule has 29 heavy (non-hydrogen) atoms. The number of benzene rings is 2. The molecule has 0 saturated carbocycles. The summed E-state index contributed by atoms with van der Waals surface area (Å²) >= 11 is 0. The van der Waals surface area contributed by atoms with Crippen LogP contribution in [0.15, 0.2) is 36.4 Å². The molecule has 1 heterocycles. The van der Waals surface area contributed by atoms with E-state index >= 15 is 0 Å². The Hall–Kier alpha value is -3.26. The predicted octanol–water partition coefficient (Wildman–Crippen LogP) is 2.13. The summed E-state index contributed by atoms with van der Waals surface area (Å²) in [5.41, 5.74) is 2.55. The maximum absolute atomic E-state index is 13.0. The second-order valence-corrected chi connectivity index (χ2v) is 6.70. The monoisotopic (exact) mass is 399 g/mol. The predicted molar refractivity (Wildman–Crippen MR) is 110 cm³/mol. The normalized spacial score (nSPS) is 13.7. The van der Waals surface area contributed by atoms with Gasteiger partial charge < -0.3 is 30.1 Å². The number of morpholine rings is 1. The quantitative estimate of drug-likeness (QED) is 0.688. The van der Waals surface area contributed by atoms with E-state index in [1.54, 1.807) is 30.3 Å². The summed E-state index contributed by atoms with van der Waals surface area (Å²) < 4.78 is 10.4. The lowest BCUT2D eigenvalue weighted by Gasteiger charge is -2.30. The Labute approximate surface area is 169 Å². The molecular weight excluding hydrogens is 374 g/mol. The third-order valence-corrected chi connectivity index (χ3v) is 4.61. The van der Waals surface area contributed by atoms with Gasteiger partial charge in [-0.15, -0.1) is 0 Å². The number of amides is 2. The molecule has 0 spiro atoms. The largest absolute Gasteiger partial charge is 0.504 e. The van der Waals surface area contributed by atoms with Crippen LogP contribution >= 0.6 is 0 Å². The topological polar surface area (TPSA) is 100 Å². The Balaban J connectivity index is 1.80. The molecule has 8 heteroatoms. The number of carbonyl (C=O) groups is 2. The summed E-state index contributed by atoms with van der Waals surface area (Å²) in [6.45, 7) is 4.23. The number of hydrogen-bond acceptors (Lipinski definition) is 6. The molecule has 154 valence electrons. The van der Waals surface area contributed by atoms with Crippen LogP contribution in [0.25, 0.3) is 0 Å².